The molecule has 0 aromatic rings. The smallest absolute Gasteiger partial charge is 0.320 e. The third kappa shape index (κ3) is 2.66. The lowest BCUT2D eigenvalue weighted by atomic mass is 9.93. The predicted molar refractivity (Wildman–Crippen MR) is 57.0 cm³/mol. The standard InChI is InChI=1S/C10H15NO2S/c1-3-10(4-6-11-7-5-10)13-9(12)8(2)14/h1,8,11,14H,4-7H2,2H3/p+1. The molecule has 0 aromatic heterocycles. The first-order chi connectivity index (χ1) is 6.59. The third-order valence-electron chi connectivity index (χ3n) is 2.40. The van der Waals surface area contributed by atoms with E-state index in [0.29, 0.717) is 0 Å². The minimum atomic E-state index is -0.678. The van der Waals surface area contributed by atoms with Gasteiger partial charge in [0.1, 0.15) is 0 Å². The van der Waals surface area contributed by atoms with Gasteiger partial charge in [-0.05, 0) is 6.92 Å². The lowest BCUT2D eigenvalue weighted by molar-refractivity contribution is -0.666. The molecule has 4 heteroatoms. The quantitative estimate of drug-likeness (QED) is 0.372. The fraction of sp³-hybridized carbons (Fsp3) is 0.700. The lowest BCUT2D eigenvalue weighted by Crippen LogP contribution is -2.88. The molecule has 0 radical (unpaired) electrons. The van der Waals surface area contributed by atoms with Crippen LogP contribution in [0.3, 0.4) is 0 Å². The van der Waals surface area contributed by atoms with Gasteiger partial charge in [-0.15, -0.1) is 6.42 Å². The van der Waals surface area contributed by atoms with Gasteiger partial charge in [0.05, 0.1) is 18.3 Å². The van der Waals surface area contributed by atoms with Crippen LogP contribution in [0.15, 0.2) is 0 Å². The number of nitrogens with two attached hydrogens (primary N) is 1. The van der Waals surface area contributed by atoms with E-state index in [1.54, 1.807) is 6.92 Å². The first-order valence-electron chi connectivity index (χ1n) is 4.80. The number of terminal acetylenes is 1. The topological polar surface area (TPSA) is 42.9 Å². The van der Waals surface area contributed by atoms with Gasteiger partial charge in [-0.25, -0.2) is 0 Å². The predicted octanol–water partition coefficient (Wildman–Crippen LogP) is -0.423. The Labute approximate surface area is 90.0 Å². The highest BCUT2D eigenvalue weighted by Crippen LogP contribution is 2.21. The van der Waals surface area contributed by atoms with Crippen LogP contribution in [0, 0.1) is 12.3 Å². The molecule has 0 aromatic carbocycles. The van der Waals surface area contributed by atoms with Crippen LogP contribution in [-0.4, -0.2) is 29.9 Å². The molecular formula is C10H16NO2S+. The van der Waals surface area contributed by atoms with Gasteiger partial charge in [-0.2, -0.15) is 12.6 Å². The van der Waals surface area contributed by atoms with E-state index in [2.05, 4.69) is 23.9 Å². The Hall–Kier alpha value is -0.660. The summed E-state index contributed by atoms with van der Waals surface area (Å²) in [5, 5.41) is 1.76. The summed E-state index contributed by atoms with van der Waals surface area (Å²) in [6, 6.07) is 0. The molecule has 0 aliphatic carbocycles. The Morgan fingerprint density at radius 1 is 1.64 bits per heavy atom. The van der Waals surface area contributed by atoms with Gasteiger partial charge in [-0.1, -0.05) is 5.92 Å². The minimum absolute atomic E-state index is 0.326. The average Bonchev–Trinajstić information content (AvgIpc) is 2.19. The number of quaternary nitrogens is 1. The summed E-state index contributed by atoms with van der Waals surface area (Å²) in [7, 11) is 0. The zero-order chi connectivity index (χ0) is 10.6. The third-order valence-corrected chi connectivity index (χ3v) is 2.62. The summed E-state index contributed by atoms with van der Waals surface area (Å²) < 4.78 is 5.32. The van der Waals surface area contributed by atoms with Crippen LogP contribution in [-0.2, 0) is 9.53 Å². The molecular weight excluding hydrogens is 198 g/mol. The molecule has 1 unspecified atom stereocenters. The molecule has 1 aliphatic rings. The molecule has 14 heavy (non-hydrogen) atoms. The van der Waals surface area contributed by atoms with E-state index in [0.717, 1.165) is 25.9 Å². The molecule has 0 saturated carbocycles. The zero-order valence-corrected chi connectivity index (χ0v) is 9.22. The number of carbonyl (C=O) groups excluding carboxylic acids is 1. The van der Waals surface area contributed by atoms with E-state index in [-0.39, 0.29) is 5.97 Å². The van der Waals surface area contributed by atoms with Crippen molar-refractivity contribution in [1.29, 1.82) is 0 Å². The van der Waals surface area contributed by atoms with Crippen LogP contribution < -0.4 is 5.32 Å². The molecule has 1 saturated heterocycles. The van der Waals surface area contributed by atoms with Crippen molar-refractivity contribution in [1.82, 2.24) is 0 Å². The fourth-order valence-electron chi connectivity index (χ4n) is 1.49. The Balaban J connectivity index is 2.62. The van der Waals surface area contributed by atoms with E-state index in [1.807, 2.05) is 0 Å². The molecule has 3 nitrogen and oxygen atoms in total. The Morgan fingerprint density at radius 2 is 2.21 bits per heavy atom. The highest BCUT2D eigenvalue weighted by molar-refractivity contribution is 7.81. The highest BCUT2D eigenvalue weighted by atomic mass is 32.1. The molecule has 0 bridgehead atoms. The summed E-state index contributed by atoms with van der Waals surface area (Å²) in [4.78, 5) is 11.4. The molecule has 1 aliphatic heterocycles. The van der Waals surface area contributed by atoms with Crippen LogP contribution in [0.4, 0.5) is 0 Å². The van der Waals surface area contributed by atoms with E-state index < -0.39 is 10.9 Å². The van der Waals surface area contributed by atoms with Crippen molar-refractivity contribution in [2.24, 2.45) is 0 Å². The van der Waals surface area contributed by atoms with Crippen LogP contribution in [0.5, 0.6) is 0 Å². The van der Waals surface area contributed by atoms with E-state index in [1.165, 1.54) is 0 Å². The number of hydrogen-bond acceptors (Lipinski definition) is 3. The van der Waals surface area contributed by atoms with Crippen molar-refractivity contribution in [2.45, 2.75) is 30.6 Å². The molecule has 1 rings (SSSR count). The number of piperidine rings is 1. The van der Waals surface area contributed by atoms with Crippen molar-refractivity contribution < 1.29 is 14.8 Å². The second kappa shape index (κ2) is 4.72. The minimum Gasteiger partial charge on any atom is -0.445 e. The van der Waals surface area contributed by atoms with Gasteiger partial charge in [0.25, 0.3) is 0 Å². The van der Waals surface area contributed by atoms with E-state index in [4.69, 9.17) is 11.2 Å². The molecule has 1 heterocycles. The highest BCUT2D eigenvalue weighted by Gasteiger charge is 2.36. The fourth-order valence-corrected chi connectivity index (χ4v) is 1.55. The van der Waals surface area contributed by atoms with E-state index >= 15 is 0 Å². The van der Waals surface area contributed by atoms with Crippen LogP contribution in [0.25, 0.3) is 0 Å². The maximum absolute atomic E-state index is 11.4. The monoisotopic (exact) mass is 214 g/mol. The molecule has 78 valence electrons. The second-order valence-electron chi connectivity index (χ2n) is 3.60. The summed E-state index contributed by atoms with van der Waals surface area (Å²) in [5.41, 5.74) is -0.678. The Morgan fingerprint density at radius 3 is 2.64 bits per heavy atom. The summed E-state index contributed by atoms with van der Waals surface area (Å²) in [5.74, 6) is 2.28. The molecule has 1 atom stereocenters. The number of carbonyl (C=O) groups is 1. The normalized spacial score (nSPS) is 22.1. The summed E-state index contributed by atoms with van der Waals surface area (Å²) in [6.45, 7) is 3.52. The van der Waals surface area contributed by atoms with Gasteiger partial charge in [0.15, 0.2) is 5.60 Å². The number of ether oxygens (including phenoxy) is 1. The van der Waals surface area contributed by atoms with Crippen LogP contribution >= 0.6 is 12.6 Å². The molecule has 0 amide bonds. The van der Waals surface area contributed by atoms with Crippen molar-refractivity contribution in [3.05, 3.63) is 0 Å². The number of thiol groups is 1. The van der Waals surface area contributed by atoms with Gasteiger partial charge in [-0.3, -0.25) is 4.79 Å². The first-order valence-corrected chi connectivity index (χ1v) is 5.32. The number of rotatable bonds is 2. The maximum atomic E-state index is 11.4. The van der Waals surface area contributed by atoms with Crippen molar-refractivity contribution in [2.75, 3.05) is 13.1 Å². The van der Waals surface area contributed by atoms with E-state index in [9.17, 15) is 4.79 Å². The van der Waals surface area contributed by atoms with Gasteiger partial charge >= 0.3 is 5.97 Å². The molecule has 2 N–H and O–H groups in total. The zero-order valence-electron chi connectivity index (χ0n) is 8.32. The average molecular weight is 214 g/mol. The number of hydrogen-bond donors (Lipinski definition) is 2. The van der Waals surface area contributed by atoms with Crippen LogP contribution in [0.2, 0.25) is 0 Å². The summed E-state index contributed by atoms with van der Waals surface area (Å²) >= 11 is 4.02. The summed E-state index contributed by atoms with van der Waals surface area (Å²) in [6.07, 6.45) is 6.88. The molecule has 1 fully saturated rings. The lowest BCUT2D eigenvalue weighted by Gasteiger charge is -2.31. The maximum Gasteiger partial charge on any atom is 0.320 e. The SMILES string of the molecule is C#CC1(OC(=O)C(C)S)CC[NH2+]CC1. The van der Waals surface area contributed by atoms with Gasteiger partial charge in [0.2, 0.25) is 0 Å². The second-order valence-corrected chi connectivity index (χ2v) is 4.38. The van der Waals surface area contributed by atoms with Crippen molar-refractivity contribution in [3.8, 4) is 12.3 Å². The Kier molecular flexibility index (Phi) is 3.85. The first kappa shape index (κ1) is 11.4. The largest absolute Gasteiger partial charge is 0.445 e. The van der Waals surface area contributed by atoms with Gasteiger partial charge < -0.3 is 10.1 Å². The van der Waals surface area contributed by atoms with Crippen molar-refractivity contribution >= 4 is 18.6 Å². The molecule has 0 spiro atoms. The van der Waals surface area contributed by atoms with Crippen molar-refractivity contribution in [3.63, 3.8) is 0 Å². The van der Waals surface area contributed by atoms with Crippen LogP contribution in [0.1, 0.15) is 19.8 Å². The Bertz CT molecular complexity index is 251. The van der Waals surface area contributed by atoms with Gasteiger partial charge in [0, 0.05) is 12.8 Å². The number of esters is 1.